The Morgan fingerprint density at radius 1 is 1.24 bits per heavy atom. The van der Waals surface area contributed by atoms with Gasteiger partial charge in [0.15, 0.2) is 5.65 Å². The van der Waals surface area contributed by atoms with Gasteiger partial charge in [-0.25, -0.2) is 9.67 Å². The lowest BCUT2D eigenvalue weighted by Crippen LogP contribution is -1.97. The number of benzene rings is 1. The third-order valence-corrected chi connectivity index (χ3v) is 2.91. The Hall–Kier alpha value is -2.10. The monoisotopic (exact) mass is 227 g/mol. The van der Waals surface area contributed by atoms with Crippen LogP contribution in [0.25, 0.3) is 21.9 Å². The first kappa shape index (κ1) is 10.1. The van der Waals surface area contributed by atoms with E-state index in [1.165, 1.54) is 0 Å². The molecule has 86 valence electrons. The summed E-state index contributed by atoms with van der Waals surface area (Å²) in [7, 11) is 1.67. The Labute approximate surface area is 98.8 Å². The number of pyridine rings is 1. The van der Waals surface area contributed by atoms with Crippen molar-refractivity contribution in [1.82, 2.24) is 14.8 Å². The number of ether oxygens (including phenoxy) is 1. The van der Waals surface area contributed by atoms with Crippen molar-refractivity contribution >= 4 is 21.9 Å². The molecule has 0 saturated heterocycles. The Bertz CT molecular complexity index is 688. The van der Waals surface area contributed by atoms with Crippen molar-refractivity contribution < 1.29 is 4.74 Å². The molecule has 1 aromatic carbocycles. The number of aryl methyl sites for hydroxylation is 1. The van der Waals surface area contributed by atoms with Crippen LogP contribution in [0.5, 0.6) is 5.75 Å². The van der Waals surface area contributed by atoms with Crippen LogP contribution in [0.1, 0.15) is 6.92 Å². The van der Waals surface area contributed by atoms with Gasteiger partial charge in [0.1, 0.15) is 5.75 Å². The minimum atomic E-state index is 0.832. The van der Waals surface area contributed by atoms with Crippen LogP contribution in [0, 0.1) is 0 Å². The highest BCUT2D eigenvalue weighted by atomic mass is 16.5. The fourth-order valence-corrected chi connectivity index (χ4v) is 2.01. The molecule has 3 rings (SSSR count). The summed E-state index contributed by atoms with van der Waals surface area (Å²) >= 11 is 0. The van der Waals surface area contributed by atoms with E-state index in [0.717, 1.165) is 34.2 Å². The summed E-state index contributed by atoms with van der Waals surface area (Å²) in [5.74, 6) is 0.849. The molecule has 17 heavy (non-hydrogen) atoms. The van der Waals surface area contributed by atoms with Crippen LogP contribution in [0.15, 0.2) is 30.5 Å². The van der Waals surface area contributed by atoms with Crippen molar-refractivity contribution in [3.05, 3.63) is 30.5 Å². The van der Waals surface area contributed by atoms with Gasteiger partial charge < -0.3 is 4.74 Å². The zero-order chi connectivity index (χ0) is 11.8. The van der Waals surface area contributed by atoms with E-state index in [9.17, 15) is 0 Å². The largest absolute Gasteiger partial charge is 0.497 e. The van der Waals surface area contributed by atoms with Crippen LogP contribution in [-0.4, -0.2) is 21.9 Å². The SMILES string of the molecule is CCn1ncc2cc3cc(OC)ccc3nc21. The summed E-state index contributed by atoms with van der Waals surface area (Å²) in [6.45, 7) is 2.89. The maximum Gasteiger partial charge on any atom is 0.158 e. The lowest BCUT2D eigenvalue weighted by atomic mass is 10.2. The summed E-state index contributed by atoms with van der Waals surface area (Å²) < 4.78 is 7.11. The normalized spacial score (nSPS) is 11.2. The molecule has 0 radical (unpaired) electrons. The molecule has 4 nitrogen and oxygen atoms in total. The fraction of sp³-hybridized carbons (Fsp3) is 0.231. The first-order valence-electron chi connectivity index (χ1n) is 5.62. The van der Waals surface area contributed by atoms with Gasteiger partial charge in [0.25, 0.3) is 0 Å². The predicted octanol–water partition coefficient (Wildman–Crippen LogP) is 2.61. The van der Waals surface area contributed by atoms with Crippen molar-refractivity contribution in [2.75, 3.05) is 7.11 Å². The number of methoxy groups -OCH3 is 1. The molecule has 0 fully saturated rings. The minimum Gasteiger partial charge on any atom is -0.497 e. The predicted molar refractivity (Wildman–Crippen MR) is 67.3 cm³/mol. The van der Waals surface area contributed by atoms with Gasteiger partial charge in [-0.15, -0.1) is 0 Å². The molecule has 2 aromatic heterocycles. The maximum atomic E-state index is 5.21. The maximum absolute atomic E-state index is 5.21. The third kappa shape index (κ3) is 1.53. The van der Waals surface area contributed by atoms with E-state index in [4.69, 9.17) is 4.74 Å². The quantitative estimate of drug-likeness (QED) is 0.675. The summed E-state index contributed by atoms with van der Waals surface area (Å²) in [6.07, 6.45) is 1.85. The van der Waals surface area contributed by atoms with E-state index in [1.807, 2.05) is 29.1 Å². The van der Waals surface area contributed by atoms with Crippen molar-refractivity contribution in [2.45, 2.75) is 13.5 Å². The van der Waals surface area contributed by atoms with Crippen LogP contribution in [-0.2, 0) is 6.54 Å². The number of nitrogens with zero attached hydrogens (tertiary/aromatic N) is 3. The highest BCUT2D eigenvalue weighted by Gasteiger charge is 2.05. The summed E-state index contributed by atoms with van der Waals surface area (Å²) in [5.41, 5.74) is 1.90. The van der Waals surface area contributed by atoms with Crippen molar-refractivity contribution in [3.8, 4) is 5.75 Å². The molecule has 0 atom stereocenters. The molecule has 0 spiro atoms. The number of hydrogen-bond donors (Lipinski definition) is 0. The highest BCUT2D eigenvalue weighted by molar-refractivity contribution is 5.91. The van der Waals surface area contributed by atoms with Crippen molar-refractivity contribution in [1.29, 1.82) is 0 Å². The van der Waals surface area contributed by atoms with Gasteiger partial charge in [-0.3, -0.25) is 0 Å². The molecule has 0 saturated carbocycles. The van der Waals surface area contributed by atoms with Crippen LogP contribution >= 0.6 is 0 Å². The Morgan fingerprint density at radius 2 is 2.12 bits per heavy atom. The second kappa shape index (κ2) is 3.73. The Balaban J connectivity index is 2.33. The molecule has 2 heterocycles. The molecule has 0 aliphatic rings. The zero-order valence-corrected chi connectivity index (χ0v) is 9.84. The Morgan fingerprint density at radius 3 is 2.88 bits per heavy atom. The van der Waals surface area contributed by atoms with Gasteiger partial charge in [-0.05, 0) is 31.2 Å². The standard InChI is InChI=1S/C13H13N3O/c1-3-16-13-10(8-14-16)6-9-7-11(17-2)4-5-12(9)15-13/h4-8H,3H2,1-2H3. The minimum absolute atomic E-state index is 0.832. The number of rotatable bonds is 2. The summed E-state index contributed by atoms with van der Waals surface area (Å²) in [5, 5.41) is 6.44. The topological polar surface area (TPSA) is 39.9 Å². The van der Waals surface area contributed by atoms with Gasteiger partial charge in [0, 0.05) is 17.3 Å². The lowest BCUT2D eigenvalue weighted by molar-refractivity contribution is 0.415. The summed E-state index contributed by atoms with van der Waals surface area (Å²) in [6, 6.07) is 7.98. The first-order chi connectivity index (χ1) is 8.31. The van der Waals surface area contributed by atoms with E-state index < -0.39 is 0 Å². The second-order valence-electron chi connectivity index (χ2n) is 3.92. The average molecular weight is 227 g/mol. The van der Waals surface area contributed by atoms with Crippen LogP contribution < -0.4 is 4.74 Å². The molecular weight excluding hydrogens is 214 g/mol. The van der Waals surface area contributed by atoms with Crippen LogP contribution in [0.4, 0.5) is 0 Å². The van der Waals surface area contributed by atoms with Crippen molar-refractivity contribution in [2.24, 2.45) is 0 Å². The highest BCUT2D eigenvalue weighted by Crippen LogP contribution is 2.23. The lowest BCUT2D eigenvalue weighted by Gasteiger charge is -2.03. The van der Waals surface area contributed by atoms with Crippen LogP contribution in [0.2, 0.25) is 0 Å². The molecule has 0 amide bonds. The molecule has 3 aromatic rings. The van der Waals surface area contributed by atoms with Gasteiger partial charge >= 0.3 is 0 Å². The summed E-state index contributed by atoms with van der Waals surface area (Å²) in [4.78, 5) is 4.63. The Kier molecular flexibility index (Phi) is 2.21. The average Bonchev–Trinajstić information content (AvgIpc) is 2.77. The van der Waals surface area contributed by atoms with E-state index >= 15 is 0 Å². The molecule has 0 unspecified atom stereocenters. The van der Waals surface area contributed by atoms with Gasteiger partial charge in [0.2, 0.25) is 0 Å². The van der Waals surface area contributed by atoms with Crippen molar-refractivity contribution in [3.63, 3.8) is 0 Å². The first-order valence-corrected chi connectivity index (χ1v) is 5.62. The second-order valence-corrected chi connectivity index (χ2v) is 3.92. The molecule has 0 aliphatic heterocycles. The van der Waals surface area contributed by atoms with E-state index in [1.54, 1.807) is 7.11 Å². The zero-order valence-electron chi connectivity index (χ0n) is 9.84. The fourth-order valence-electron chi connectivity index (χ4n) is 2.01. The molecule has 0 N–H and O–H groups in total. The number of fused-ring (bicyclic) bond motifs is 2. The van der Waals surface area contributed by atoms with Gasteiger partial charge in [0.05, 0.1) is 18.8 Å². The molecule has 0 bridgehead atoms. The van der Waals surface area contributed by atoms with E-state index in [2.05, 4.69) is 23.1 Å². The number of hydrogen-bond acceptors (Lipinski definition) is 3. The smallest absolute Gasteiger partial charge is 0.158 e. The molecular formula is C13H13N3O. The van der Waals surface area contributed by atoms with Gasteiger partial charge in [-0.2, -0.15) is 5.10 Å². The van der Waals surface area contributed by atoms with Gasteiger partial charge in [-0.1, -0.05) is 0 Å². The molecule has 4 heteroatoms. The number of aromatic nitrogens is 3. The van der Waals surface area contributed by atoms with Crippen LogP contribution in [0.3, 0.4) is 0 Å². The third-order valence-electron chi connectivity index (χ3n) is 2.91. The van der Waals surface area contributed by atoms with E-state index in [0.29, 0.717) is 0 Å². The van der Waals surface area contributed by atoms with E-state index in [-0.39, 0.29) is 0 Å². The molecule has 0 aliphatic carbocycles.